The minimum atomic E-state index is 0.349. The highest BCUT2D eigenvalue weighted by Gasteiger charge is 2.33. The van der Waals surface area contributed by atoms with E-state index in [-0.39, 0.29) is 0 Å². The number of hydrogen-bond donors (Lipinski definition) is 1. The maximum absolute atomic E-state index is 5.97. The first-order chi connectivity index (χ1) is 8.19. The van der Waals surface area contributed by atoms with E-state index in [9.17, 15) is 0 Å². The Morgan fingerprint density at radius 1 is 1.35 bits per heavy atom. The van der Waals surface area contributed by atoms with Crippen molar-refractivity contribution in [2.75, 3.05) is 12.8 Å². The van der Waals surface area contributed by atoms with Crippen LogP contribution >= 0.6 is 0 Å². The average molecular weight is 232 g/mol. The van der Waals surface area contributed by atoms with Crippen LogP contribution in [0, 0.1) is 6.92 Å². The summed E-state index contributed by atoms with van der Waals surface area (Å²) in [5.41, 5.74) is 8.72. The number of pyridine rings is 1. The summed E-state index contributed by atoms with van der Waals surface area (Å²) in [6.07, 6.45) is 2.32. The molecular weight excluding hydrogens is 216 g/mol. The second-order valence-corrected chi connectivity index (χ2v) is 4.62. The quantitative estimate of drug-likeness (QED) is 0.855. The lowest BCUT2D eigenvalue weighted by molar-refractivity contribution is 0.00784. The van der Waals surface area contributed by atoms with Crippen LogP contribution in [-0.4, -0.2) is 27.7 Å². The number of nitrogens with zero attached hydrogens (tertiary/aromatic N) is 3. The zero-order valence-electron chi connectivity index (χ0n) is 10.1. The number of aryl methyl sites for hydroxylation is 1. The fourth-order valence-corrected chi connectivity index (χ4v) is 2.39. The van der Waals surface area contributed by atoms with E-state index in [2.05, 4.69) is 9.97 Å². The van der Waals surface area contributed by atoms with Gasteiger partial charge in [-0.1, -0.05) is 0 Å². The molecule has 0 saturated heterocycles. The van der Waals surface area contributed by atoms with Gasteiger partial charge in [-0.05, 0) is 31.9 Å². The Hall–Kier alpha value is -1.62. The number of hydrogen-bond acceptors (Lipinski definition) is 4. The van der Waals surface area contributed by atoms with Gasteiger partial charge in [0.15, 0.2) is 5.65 Å². The molecule has 0 aromatic carbocycles. The van der Waals surface area contributed by atoms with Crippen LogP contribution in [0.3, 0.4) is 0 Å². The number of imidazole rings is 1. The van der Waals surface area contributed by atoms with Gasteiger partial charge in [0.1, 0.15) is 5.52 Å². The van der Waals surface area contributed by atoms with Gasteiger partial charge in [0.2, 0.25) is 5.95 Å². The molecular formula is C12H16N4O. The zero-order valence-corrected chi connectivity index (χ0v) is 10.1. The van der Waals surface area contributed by atoms with Crippen LogP contribution in [0.15, 0.2) is 12.1 Å². The lowest BCUT2D eigenvalue weighted by Gasteiger charge is -2.35. The van der Waals surface area contributed by atoms with Crippen molar-refractivity contribution in [2.24, 2.45) is 0 Å². The largest absolute Gasteiger partial charge is 0.381 e. The number of nitrogens with two attached hydrogens (primary N) is 1. The Bertz CT molecular complexity index is 557. The van der Waals surface area contributed by atoms with Crippen molar-refractivity contribution in [1.29, 1.82) is 0 Å². The molecule has 0 unspecified atom stereocenters. The van der Waals surface area contributed by atoms with Crippen LogP contribution in [0.2, 0.25) is 0 Å². The minimum absolute atomic E-state index is 0.349. The molecule has 0 atom stereocenters. The Morgan fingerprint density at radius 3 is 2.82 bits per heavy atom. The maximum Gasteiger partial charge on any atom is 0.202 e. The molecule has 5 nitrogen and oxygen atoms in total. The summed E-state index contributed by atoms with van der Waals surface area (Å²) in [6, 6.07) is 4.30. The number of methoxy groups -OCH3 is 1. The summed E-state index contributed by atoms with van der Waals surface area (Å²) >= 11 is 0. The highest BCUT2D eigenvalue weighted by Crippen LogP contribution is 2.37. The van der Waals surface area contributed by atoms with Crippen LogP contribution in [0.4, 0.5) is 5.95 Å². The van der Waals surface area contributed by atoms with Crippen LogP contribution in [0.5, 0.6) is 0 Å². The average Bonchev–Trinajstić information content (AvgIpc) is 2.54. The van der Waals surface area contributed by atoms with Crippen molar-refractivity contribution in [3.8, 4) is 0 Å². The molecule has 5 heteroatoms. The second kappa shape index (κ2) is 3.70. The Balaban J connectivity index is 2.03. The molecule has 1 fully saturated rings. The normalized spacial score (nSPS) is 23.9. The Kier molecular flexibility index (Phi) is 2.29. The Labute approximate surface area is 99.6 Å². The van der Waals surface area contributed by atoms with E-state index in [1.54, 1.807) is 7.11 Å². The van der Waals surface area contributed by atoms with Crippen molar-refractivity contribution in [3.05, 3.63) is 17.8 Å². The highest BCUT2D eigenvalue weighted by atomic mass is 16.5. The number of fused-ring (bicyclic) bond motifs is 1. The fraction of sp³-hybridized carbons (Fsp3) is 0.500. The SMILES string of the molecule is COC1CC(n2c(N)nc3ccc(C)nc32)C1. The summed E-state index contributed by atoms with van der Waals surface area (Å²) in [5, 5.41) is 0. The molecule has 0 aliphatic heterocycles. The molecule has 0 radical (unpaired) electrons. The predicted molar refractivity (Wildman–Crippen MR) is 65.7 cm³/mol. The first-order valence-electron chi connectivity index (χ1n) is 5.83. The number of ether oxygens (including phenoxy) is 1. The number of aromatic nitrogens is 3. The molecule has 2 heterocycles. The predicted octanol–water partition coefficient (Wildman–Crippen LogP) is 1.67. The fourth-order valence-electron chi connectivity index (χ4n) is 2.39. The standard InChI is InChI=1S/C12H16N4O/c1-7-3-4-10-11(14-7)16(12(13)15-10)8-5-9(6-8)17-2/h3-4,8-9H,5-6H2,1-2H3,(H2,13,15). The first kappa shape index (κ1) is 10.5. The summed E-state index contributed by atoms with van der Waals surface area (Å²) in [4.78, 5) is 8.88. The van der Waals surface area contributed by atoms with E-state index in [0.717, 1.165) is 29.7 Å². The minimum Gasteiger partial charge on any atom is -0.381 e. The molecule has 0 amide bonds. The number of anilines is 1. The smallest absolute Gasteiger partial charge is 0.202 e. The van der Waals surface area contributed by atoms with E-state index in [1.165, 1.54) is 0 Å². The van der Waals surface area contributed by atoms with Gasteiger partial charge in [0, 0.05) is 18.8 Å². The molecule has 0 spiro atoms. The monoisotopic (exact) mass is 232 g/mol. The molecule has 1 aliphatic carbocycles. The first-order valence-corrected chi connectivity index (χ1v) is 5.83. The summed E-state index contributed by atoms with van der Waals surface area (Å²) in [6.45, 7) is 1.98. The highest BCUT2D eigenvalue weighted by molar-refractivity contribution is 5.74. The molecule has 2 aromatic rings. The van der Waals surface area contributed by atoms with E-state index < -0.39 is 0 Å². The third-order valence-electron chi connectivity index (χ3n) is 3.47. The summed E-state index contributed by atoms with van der Waals surface area (Å²) in [5.74, 6) is 0.553. The third-order valence-corrected chi connectivity index (χ3v) is 3.47. The third kappa shape index (κ3) is 1.58. The van der Waals surface area contributed by atoms with Crippen LogP contribution in [-0.2, 0) is 4.74 Å². The van der Waals surface area contributed by atoms with Gasteiger partial charge in [-0.25, -0.2) is 9.97 Å². The van der Waals surface area contributed by atoms with Crippen LogP contribution in [0.1, 0.15) is 24.6 Å². The van der Waals surface area contributed by atoms with Crippen molar-refractivity contribution < 1.29 is 4.74 Å². The molecule has 1 saturated carbocycles. The van der Waals surface area contributed by atoms with E-state index in [1.807, 2.05) is 23.6 Å². The van der Waals surface area contributed by atoms with Crippen molar-refractivity contribution in [3.63, 3.8) is 0 Å². The molecule has 3 rings (SSSR count). The van der Waals surface area contributed by atoms with E-state index in [0.29, 0.717) is 18.1 Å². The van der Waals surface area contributed by atoms with Gasteiger partial charge in [-0.15, -0.1) is 0 Å². The van der Waals surface area contributed by atoms with Crippen molar-refractivity contribution >= 4 is 17.1 Å². The van der Waals surface area contributed by atoms with Gasteiger partial charge < -0.3 is 10.5 Å². The molecule has 1 aliphatic rings. The van der Waals surface area contributed by atoms with Crippen LogP contribution in [0.25, 0.3) is 11.2 Å². The second-order valence-electron chi connectivity index (χ2n) is 4.62. The van der Waals surface area contributed by atoms with Crippen molar-refractivity contribution in [1.82, 2.24) is 14.5 Å². The number of nitrogen functional groups attached to an aromatic ring is 1. The van der Waals surface area contributed by atoms with Gasteiger partial charge in [-0.2, -0.15) is 0 Å². The topological polar surface area (TPSA) is 66.0 Å². The van der Waals surface area contributed by atoms with E-state index in [4.69, 9.17) is 10.5 Å². The summed E-state index contributed by atoms with van der Waals surface area (Å²) < 4.78 is 7.33. The molecule has 2 aromatic heterocycles. The van der Waals surface area contributed by atoms with Crippen LogP contribution < -0.4 is 5.73 Å². The molecule has 17 heavy (non-hydrogen) atoms. The van der Waals surface area contributed by atoms with Gasteiger partial charge in [-0.3, -0.25) is 4.57 Å². The Morgan fingerprint density at radius 2 is 2.12 bits per heavy atom. The lowest BCUT2D eigenvalue weighted by atomic mass is 9.89. The van der Waals surface area contributed by atoms with E-state index >= 15 is 0 Å². The van der Waals surface area contributed by atoms with Crippen molar-refractivity contribution in [2.45, 2.75) is 31.9 Å². The lowest BCUT2D eigenvalue weighted by Crippen LogP contribution is -2.33. The summed E-state index contributed by atoms with van der Waals surface area (Å²) in [7, 11) is 1.75. The molecule has 2 N–H and O–H groups in total. The molecule has 90 valence electrons. The van der Waals surface area contributed by atoms with Gasteiger partial charge >= 0.3 is 0 Å². The van der Waals surface area contributed by atoms with Gasteiger partial charge in [0.05, 0.1) is 6.10 Å². The molecule has 0 bridgehead atoms. The zero-order chi connectivity index (χ0) is 12.0. The van der Waals surface area contributed by atoms with Gasteiger partial charge in [0.25, 0.3) is 0 Å². The number of rotatable bonds is 2. The maximum atomic E-state index is 5.97.